The van der Waals surface area contributed by atoms with Gasteiger partial charge in [0.15, 0.2) is 0 Å². The van der Waals surface area contributed by atoms with Crippen molar-refractivity contribution in [2.75, 3.05) is 0 Å². The minimum absolute atomic E-state index is 0.643. The summed E-state index contributed by atoms with van der Waals surface area (Å²) in [4.78, 5) is 9.34. The molecular weight excluding hydrogens is 717 g/mol. The van der Waals surface area contributed by atoms with Crippen LogP contribution in [0.4, 0.5) is 0 Å². The normalized spacial score (nSPS) is 11.4. The predicted molar refractivity (Wildman–Crippen MR) is 243 cm³/mol. The van der Waals surface area contributed by atoms with Gasteiger partial charge in [0.25, 0.3) is 0 Å². The molecule has 0 saturated carbocycles. The molecule has 0 aliphatic heterocycles. The van der Waals surface area contributed by atoms with Crippen LogP contribution in [0.5, 0.6) is 0 Å². The van der Waals surface area contributed by atoms with Crippen molar-refractivity contribution in [3.63, 3.8) is 0 Å². The van der Waals surface area contributed by atoms with E-state index in [-0.39, 0.29) is 0 Å². The van der Waals surface area contributed by atoms with Gasteiger partial charge in [-0.1, -0.05) is 127 Å². The van der Waals surface area contributed by atoms with Gasteiger partial charge in [-0.15, -0.1) is 0 Å². The Kier molecular flexibility index (Phi) is 8.17. The summed E-state index contributed by atoms with van der Waals surface area (Å²) in [7, 11) is 0. The smallest absolute Gasteiger partial charge is 0.0992 e. The molecule has 11 rings (SSSR count). The maximum absolute atomic E-state index is 9.83. The standard InChI is InChI=1S/C55H34N4/c56-35-36-19-23-44-45-24-20-41(34-53(45)59(52(44)31-36)43-15-8-3-9-16-43)40-21-25-46-48(32-40)54(38-11-4-1-5-12-38)47-26-22-42(33-49(47)55(46)39-13-6-2-7-14-39)51-18-10-17-50(58-51)37-27-29-57-30-28-37/h1-34H. The van der Waals surface area contributed by atoms with Crippen LogP contribution in [0.2, 0.25) is 0 Å². The van der Waals surface area contributed by atoms with Gasteiger partial charge in [-0.2, -0.15) is 5.26 Å². The fraction of sp³-hybridized carbons (Fsp3) is 0. The first-order valence-corrected chi connectivity index (χ1v) is 19.8. The van der Waals surface area contributed by atoms with Gasteiger partial charge in [-0.05, 0) is 122 Å². The van der Waals surface area contributed by atoms with Crippen molar-refractivity contribution in [2.45, 2.75) is 0 Å². The third-order valence-electron chi connectivity index (χ3n) is 11.5. The molecule has 11 aromatic rings. The van der Waals surface area contributed by atoms with E-state index >= 15 is 0 Å². The Bertz CT molecular complexity index is 3420. The Balaban J connectivity index is 1.17. The van der Waals surface area contributed by atoms with Gasteiger partial charge < -0.3 is 4.57 Å². The lowest BCUT2D eigenvalue weighted by atomic mass is 9.84. The van der Waals surface area contributed by atoms with Crippen LogP contribution in [-0.4, -0.2) is 14.5 Å². The van der Waals surface area contributed by atoms with E-state index < -0.39 is 0 Å². The zero-order chi connectivity index (χ0) is 39.3. The minimum atomic E-state index is 0.643. The molecule has 0 unspecified atom stereocenters. The van der Waals surface area contributed by atoms with Crippen molar-refractivity contribution in [1.82, 2.24) is 14.5 Å². The molecular formula is C55H34N4. The molecule has 0 aliphatic carbocycles. The van der Waals surface area contributed by atoms with Crippen molar-refractivity contribution >= 4 is 43.4 Å². The average Bonchev–Trinajstić information content (AvgIpc) is 3.64. The van der Waals surface area contributed by atoms with E-state index in [2.05, 4.69) is 179 Å². The molecule has 0 N–H and O–H groups in total. The summed E-state index contributed by atoms with van der Waals surface area (Å²) in [6.45, 7) is 0. The first-order valence-electron chi connectivity index (χ1n) is 19.8. The zero-order valence-corrected chi connectivity index (χ0v) is 31.9. The molecule has 0 amide bonds. The zero-order valence-electron chi connectivity index (χ0n) is 31.9. The second kappa shape index (κ2) is 14.1. The van der Waals surface area contributed by atoms with Crippen LogP contribution in [0.25, 0.3) is 105 Å². The first kappa shape index (κ1) is 34.1. The number of para-hydroxylation sites is 1. The molecule has 59 heavy (non-hydrogen) atoms. The molecule has 0 saturated heterocycles. The highest BCUT2D eigenvalue weighted by Crippen LogP contribution is 2.46. The van der Waals surface area contributed by atoms with Crippen LogP contribution in [0.1, 0.15) is 5.56 Å². The molecule has 4 nitrogen and oxygen atoms in total. The van der Waals surface area contributed by atoms with Crippen LogP contribution < -0.4 is 0 Å². The van der Waals surface area contributed by atoms with Crippen molar-refractivity contribution in [3.8, 4) is 67.7 Å². The summed E-state index contributed by atoms with van der Waals surface area (Å²) in [5.41, 5.74) is 14.7. The van der Waals surface area contributed by atoms with Crippen LogP contribution in [0.15, 0.2) is 207 Å². The van der Waals surface area contributed by atoms with Crippen LogP contribution in [-0.2, 0) is 0 Å². The molecule has 4 heteroatoms. The van der Waals surface area contributed by atoms with Crippen LogP contribution in [0.3, 0.4) is 0 Å². The molecule has 274 valence electrons. The van der Waals surface area contributed by atoms with E-state index in [0.29, 0.717) is 5.56 Å². The number of benzene rings is 8. The fourth-order valence-electron chi connectivity index (χ4n) is 8.80. The number of nitrogens with zero attached hydrogens (tertiary/aromatic N) is 4. The second-order valence-electron chi connectivity index (χ2n) is 14.9. The summed E-state index contributed by atoms with van der Waals surface area (Å²) < 4.78 is 2.28. The number of hydrogen-bond donors (Lipinski definition) is 0. The van der Waals surface area contributed by atoms with E-state index in [4.69, 9.17) is 4.98 Å². The number of fused-ring (bicyclic) bond motifs is 5. The number of nitriles is 1. The monoisotopic (exact) mass is 750 g/mol. The van der Waals surface area contributed by atoms with Gasteiger partial charge in [0.05, 0.1) is 34.1 Å². The van der Waals surface area contributed by atoms with E-state index in [1.807, 2.05) is 42.7 Å². The van der Waals surface area contributed by atoms with Crippen molar-refractivity contribution in [2.24, 2.45) is 0 Å². The Morgan fingerprint density at radius 2 is 0.881 bits per heavy atom. The maximum Gasteiger partial charge on any atom is 0.0992 e. The quantitative estimate of drug-likeness (QED) is 0.159. The van der Waals surface area contributed by atoms with Gasteiger partial charge in [0.2, 0.25) is 0 Å². The highest BCUT2D eigenvalue weighted by atomic mass is 15.0. The molecule has 0 radical (unpaired) electrons. The number of aromatic nitrogens is 3. The highest BCUT2D eigenvalue weighted by Gasteiger charge is 2.20. The molecule has 0 spiro atoms. The Morgan fingerprint density at radius 1 is 0.373 bits per heavy atom. The lowest BCUT2D eigenvalue weighted by Gasteiger charge is -2.19. The average molecular weight is 751 g/mol. The highest BCUT2D eigenvalue weighted by molar-refractivity contribution is 6.22. The van der Waals surface area contributed by atoms with Gasteiger partial charge in [0.1, 0.15) is 0 Å². The Morgan fingerprint density at radius 3 is 1.51 bits per heavy atom. The maximum atomic E-state index is 9.83. The largest absolute Gasteiger partial charge is 0.309 e. The molecule has 0 atom stereocenters. The van der Waals surface area contributed by atoms with Crippen molar-refractivity contribution < 1.29 is 0 Å². The van der Waals surface area contributed by atoms with Crippen molar-refractivity contribution in [1.29, 1.82) is 5.26 Å². The SMILES string of the molecule is N#Cc1ccc2c3ccc(-c4ccc5c(-c6ccccc6)c6cc(-c7cccc(-c8ccncc8)n7)ccc6c(-c6ccccc6)c5c4)cc3n(-c3ccccc3)c2c1. The van der Waals surface area contributed by atoms with E-state index in [9.17, 15) is 5.26 Å². The van der Waals surface area contributed by atoms with Gasteiger partial charge in [-0.3, -0.25) is 4.98 Å². The number of hydrogen-bond acceptors (Lipinski definition) is 3. The molecule has 0 aliphatic rings. The van der Waals surface area contributed by atoms with E-state index in [1.54, 1.807) is 0 Å². The molecule has 0 fully saturated rings. The van der Waals surface area contributed by atoms with Crippen molar-refractivity contribution in [3.05, 3.63) is 212 Å². The van der Waals surface area contributed by atoms with Gasteiger partial charge in [0, 0.05) is 40.0 Å². The number of rotatable bonds is 6. The summed E-state index contributed by atoms with van der Waals surface area (Å²) >= 11 is 0. The van der Waals surface area contributed by atoms with Crippen LogP contribution >= 0.6 is 0 Å². The summed E-state index contributed by atoms with van der Waals surface area (Å²) in [5, 5.41) is 16.8. The Labute approximate surface area is 341 Å². The minimum Gasteiger partial charge on any atom is -0.309 e. The predicted octanol–water partition coefficient (Wildman–Crippen LogP) is 14.1. The molecule has 3 aromatic heterocycles. The fourth-order valence-corrected chi connectivity index (χ4v) is 8.80. The molecule has 3 heterocycles. The third kappa shape index (κ3) is 5.84. The van der Waals surface area contributed by atoms with Gasteiger partial charge in [-0.25, -0.2) is 4.98 Å². The topological polar surface area (TPSA) is 54.5 Å². The number of pyridine rings is 2. The lowest BCUT2D eigenvalue weighted by Crippen LogP contribution is -1.94. The third-order valence-corrected chi connectivity index (χ3v) is 11.5. The first-order chi connectivity index (χ1) is 29.2. The summed E-state index contributed by atoms with van der Waals surface area (Å²) in [6, 6.07) is 71.0. The van der Waals surface area contributed by atoms with E-state index in [0.717, 1.165) is 72.3 Å². The summed E-state index contributed by atoms with van der Waals surface area (Å²) in [6.07, 6.45) is 3.62. The lowest BCUT2D eigenvalue weighted by molar-refractivity contribution is 1.18. The second-order valence-corrected chi connectivity index (χ2v) is 14.9. The summed E-state index contributed by atoms with van der Waals surface area (Å²) in [5.74, 6) is 0. The molecule has 0 bridgehead atoms. The van der Waals surface area contributed by atoms with Crippen LogP contribution in [0, 0.1) is 11.3 Å². The Hall–Kier alpha value is -8.13. The van der Waals surface area contributed by atoms with E-state index in [1.165, 1.54) is 32.7 Å². The molecule has 8 aromatic carbocycles. The van der Waals surface area contributed by atoms with Gasteiger partial charge >= 0.3 is 0 Å².